The number of urea groups is 1. The zero-order chi connectivity index (χ0) is 17.6. The Morgan fingerprint density at radius 2 is 1.76 bits per heavy atom. The molecule has 4 rings (SSSR count). The predicted molar refractivity (Wildman–Crippen MR) is 101 cm³/mol. The van der Waals surface area contributed by atoms with Crippen molar-refractivity contribution in [3.8, 4) is 0 Å². The van der Waals surface area contributed by atoms with Gasteiger partial charge in [-0.25, -0.2) is 14.8 Å². The first-order valence-corrected chi connectivity index (χ1v) is 8.16. The third-order valence-corrected chi connectivity index (χ3v) is 3.84. The maximum atomic E-state index is 12.1. The molecule has 4 aromatic rings. The number of rotatable bonds is 1. The second kappa shape index (κ2) is 5.44. The summed E-state index contributed by atoms with van der Waals surface area (Å²) in [5.41, 5.74) is 4.60. The van der Waals surface area contributed by atoms with Crippen LogP contribution < -0.4 is 10.6 Å². The van der Waals surface area contributed by atoms with Crippen LogP contribution in [-0.4, -0.2) is 26.5 Å². The fraction of sp³-hybridized carbons (Fsp3) is 0.211. The van der Waals surface area contributed by atoms with Crippen molar-refractivity contribution in [3.05, 3.63) is 42.5 Å². The molecule has 2 amide bonds. The number of nitrogens with zero attached hydrogens (tertiary/aromatic N) is 2. The number of aromatic nitrogens is 3. The number of aromatic amines is 1. The largest absolute Gasteiger partial charge is 0.338 e. The second-order valence-corrected chi connectivity index (χ2v) is 7.12. The number of nitrogens with one attached hydrogen (secondary N) is 3. The van der Waals surface area contributed by atoms with Crippen LogP contribution in [0, 0.1) is 0 Å². The lowest BCUT2D eigenvalue weighted by molar-refractivity contribution is 0.244. The highest BCUT2D eigenvalue weighted by Crippen LogP contribution is 2.27. The Bertz CT molecular complexity index is 1110. The maximum absolute atomic E-state index is 12.1. The molecular formula is C19H19N5O. The molecule has 0 unspecified atom stereocenters. The van der Waals surface area contributed by atoms with Crippen molar-refractivity contribution in [1.29, 1.82) is 0 Å². The molecule has 25 heavy (non-hydrogen) atoms. The van der Waals surface area contributed by atoms with Crippen LogP contribution in [0.4, 0.5) is 10.5 Å². The Labute approximate surface area is 144 Å². The summed E-state index contributed by atoms with van der Waals surface area (Å²) in [7, 11) is 0. The van der Waals surface area contributed by atoms with E-state index in [0.29, 0.717) is 5.69 Å². The molecule has 0 spiro atoms. The van der Waals surface area contributed by atoms with E-state index < -0.39 is 0 Å². The number of amides is 2. The second-order valence-electron chi connectivity index (χ2n) is 7.12. The summed E-state index contributed by atoms with van der Waals surface area (Å²) in [5.74, 6) is 0. The normalized spacial score (nSPS) is 12.0. The SMILES string of the molecule is CC(C)(C)NC(=O)Nc1ccc2[nH]c3nc4ccccc4nc3c2c1. The molecule has 0 aliphatic carbocycles. The van der Waals surface area contributed by atoms with Gasteiger partial charge < -0.3 is 15.6 Å². The first-order chi connectivity index (χ1) is 11.9. The van der Waals surface area contributed by atoms with Gasteiger partial charge in [0.25, 0.3) is 0 Å². The van der Waals surface area contributed by atoms with Crippen LogP contribution in [-0.2, 0) is 0 Å². The first-order valence-electron chi connectivity index (χ1n) is 8.16. The van der Waals surface area contributed by atoms with Gasteiger partial charge in [0.05, 0.1) is 11.0 Å². The molecule has 3 N–H and O–H groups in total. The molecule has 0 fully saturated rings. The van der Waals surface area contributed by atoms with Crippen molar-refractivity contribution in [2.45, 2.75) is 26.3 Å². The molecular weight excluding hydrogens is 314 g/mol. The minimum Gasteiger partial charge on any atom is -0.338 e. The van der Waals surface area contributed by atoms with E-state index in [1.807, 2.05) is 63.2 Å². The van der Waals surface area contributed by atoms with Gasteiger partial charge in [-0.3, -0.25) is 0 Å². The van der Waals surface area contributed by atoms with Crippen molar-refractivity contribution in [3.63, 3.8) is 0 Å². The number of carbonyl (C=O) groups is 1. The predicted octanol–water partition coefficient (Wildman–Crippen LogP) is 4.18. The molecule has 6 nitrogen and oxygen atoms in total. The summed E-state index contributed by atoms with van der Waals surface area (Å²) in [4.78, 5) is 24.7. The van der Waals surface area contributed by atoms with Crippen molar-refractivity contribution in [2.24, 2.45) is 0 Å². The number of H-pyrrole nitrogens is 1. The average molecular weight is 333 g/mol. The molecule has 0 radical (unpaired) electrons. The molecule has 0 bridgehead atoms. The lowest BCUT2D eigenvalue weighted by atomic mass is 10.1. The van der Waals surface area contributed by atoms with E-state index in [1.54, 1.807) is 0 Å². The topological polar surface area (TPSA) is 82.7 Å². The van der Waals surface area contributed by atoms with Gasteiger partial charge in [0.15, 0.2) is 5.65 Å². The highest BCUT2D eigenvalue weighted by atomic mass is 16.2. The van der Waals surface area contributed by atoms with Crippen LogP contribution in [0.1, 0.15) is 20.8 Å². The minimum absolute atomic E-state index is 0.233. The van der Waals surface area contributed by atoms with E-state index in [4.69, 9.17) is 4.98 Å². The molecule has 2 aromatic carbocycles. The van der Waals surface area contributed by atoms with Crippen LogP contribution in [0.5, 0.6) is 0 Å². The third kappa shape index (κ3) is 2.98. The van der Waals surface area contributed by atoms with Crippen molar-refractivity contribution >= 4 is 44.8 Å². The molecule has 0 aliphatic heterocycles. The van der Waals surface area contributed by atoms with Crippen LogP contribution in [0.15, 0.2) is 42.5 Å². The fourth-order valence-electron chi connectivity index (χ4n) is 2.83. The summed E-state index contributed by atoms with van der Waals surface area (Å²) in [6, 6.07) is 13.2. The lowest BCUT2D eigenvalue weighted by Crippen LogP contribution is -2.43. The highest BCUT2D eigenvalue weighted by Gasteiger charge is 2.14. The van der Waals surface area contributed by atoms with Crippen LogP contribution >= 0.6 is 0 Å². The minimum atomic E-state index is -0.292. The first kappa shape index (κ1) is 15.4. The zero-order valence-electron chi connectivity index (χ0n) is 14.3. The number of benzene rings is 2. The third-order valence-electron chi connectivity index (χ3n) is 3.84. The van der Waals surface area contributed by atoms with Gasteiger partial charge in [0, 0.05) is 22.1 Å². The van der Waals surface area contributed by atoms with Crippen molar-refractivity contribution in [2.75, 3.05) is 5.32 Å². The molecule has 2 aromatic heterocycles. The van der Waals surface area contributed by atoms with Gasteiger partial charge in [0.1, 0.15) is 5.52 Å². The molecule has 2 heterocycles. The molecule has 126 valence electrons. The fourth-order valence-corrected chi connectivity index (χ4v) is 2.83. The molecule has 0 aliphatic rings. The monoisotopic (exact) mass is 333 g/mol. The average Bonchev–Trinajstić information content (AvgIpc) is 2.88. The summed E-state index contributed by atoms with van der Waals surface area (Å²) in [6.07, 6.45) is 0. The Morgan fingerprint density at radius 1 is 1.04 bits per heavy atom. The van der Waals surface area contributed by atoms with E-state index in [0.717, 1.165) is 33.1 Å². The number of hydrogen-bond donors (Lipinski definition) is 3. The van der Waals surface area contributed by atoms with Gasteiger partial charge >= 0.3 is 6.03 Å². The van der Waals surface area contributed by atoms with Gasteiger partial charge in [0.2, 0.25) is 0 Å². The molecule has 0 atom stereocenters. The quantitative estimate of drug-likeness (QED) is 0.488. The van der Waals surface area contributed by atoms with Gasteiger partial charge in [-0.15, -0.1) is 0 Å². The van der Waals surface area contributed by atoms with E-state index >= 15 is 0 Å². The number of fused-ring (bicyclic) bond motifs is 4. The number of anilines is 1. The van der Waals surface area contributed by atoms with Gasteiger partial charge in [-0.05, 0) is 51.1 Å². The van der Waals surface area contributed by atoms with E-state index in [9.17, 15) is 4.79 Å². The van der Waals surface area contributed by atoms with Gasteiger partial charge in [-0.1, -0.05) is 12.1 Å². The number of carbonyl (C=O) groups excluding carboxylic acids is 1. The van der Waals surface area contributed by atoms with Crippen molar-refractivity contribution < 1.29 is 4.79 Å². The van der Waals surface area contributed by atoms with E-state index in [2.05, 4.69) is 20.6 Å². The smallest absolute Gasteiger partial charge is 0.319 e. The Morgan fingerprint density at radius 3 is 2.48 bits per heavy atom. The summed E-state index contributed by atoms with van der Waals surface area (Å²) >= 11 is 0. The van der Waals surface area contributed by atoms with Crippen molar-refractivity contribution in [1.82, 2.24) is 20.3 Å². The Balaban J connectivity index is 1.77. The summed E-state index contributed by atoms with van der Waals surface area (Å²) in [6.45, 7) is 5.82. The number of hydrogen-bond acceptors (Lipinski definition) is 3. The standard InChI is InChI=1S/C19H19N5O/c1-19(2,3)24-18(25)20-11-8-9-13-12(10-11)16-17(22-13)23-15-7-5-4-6-14(15)21-16/h4-10H,1-3H3,(H,22,23)(H2,20,24,25). The molecule has 6 heteroatoms. The van der Waals surface area contributed by atoms with Gasteiger partial charge in [-0.2, -0.15) is 0 Å². The summed E-state index contributed by atoms with van der Waals surface area (Å²) < 4.78 is 0. The van der Waals surface area contributed by atoms with Crippen LogP contribution in [0.2, 0.25) is 0 Å². The van der Waals surface area contributed by atoms with Crippen LogP contribution in [0.25, 0.3) is 33.1 Å². The maximum Gasteiger partial charge on any atom is 0.319 e. The highest BCUT2D eigenvalue weighted by molar-refractivity contribution is 6.07. The van der Waals surface area contributed by atoms with E-state index in [1.165, 1.54) is 0 Å². The zero-order valence-corrected chi connectivity index (χ0v) is 14.3. The Hall–Kier alpha value is -3.15. The lowest BCUT2D eigenvalue weighted by Gasteiger charge is -2.20. The molecule has 0 saturated heterocycles. The van der Waals surface area contributed by atoms with Crippen LogP contribution in [0.3, 0.4) is 0 Å². The van der Waals surface area contributed by atoms with E-state index in [-0.39, 0.29) is 11.6 Å². The summed E-state index contributed by atoms with van der Waals surface area (Å²) in [5, 5.41) is 6.69. The number of para-hydroxylation sites is 2. The Kier molecular flexibility index (Phi) is 3.35. The molecule has 0 saturated carbocycles.